The molecule has 0 heterocycles. The maximum atomic E-state index is 13.9. The molecule has 2 amide bonds. The number of anilines is 1. The van der Waals surface area contributed by atoms with Crippen LogP contribution in [0, 0.1) is 0 Å². The fourth-order valence-electron chi connectivity index (χ4n) is 3.99. The van der Waals surface area contributed by atoms with E-state index in [1.165, 1.54) is 31.2 Å². The number of halogens is 2. The summed E-state index contributed by atoms with van der Waals surface area (Å²) >= 11 is 12.4. The molecule has 8 nitrogen and oxygen atoms in total. The van der Waals surface area contributed by atoms with E-state index in [0.717, 1.165) is 4.31 Å². The molecule has 0 aliphatic rings. The smallest absolute Gasteiger partial charge is 0.264 e. The summed E-state index contributed by atoms with van der Waals surface area (Å²) in [6.45, 7) is 1.14. The van der Waals surface area contributed by atoms with Crippen molar-refractivity contribution in [2.45, 2.75) is 30.8 Å². The van der Waals surface area contributed by atoms with Gasteiger partial charge >= 0.3 is 0 Å². The molecule has 0 aliphatic heterocycles. The maximum absolute atomic E-state index is 13.9. The largest absolute Gasteiger partial charge is 0.495 e. The van der Waals surface area contributed by atoms with E-state index < -0.39 is 28.5 Å². The first-order chi connectivity index (χ1) is 18.1. The highest BCUT2D eigenvalue weighted by Gasteiger charge is 2.34. The minimum absolute atomic E-state index is 0.00402. The maximum Gasteiger partial charge on any atom is 0.264 e. The Morgan fingerprint density at radius 2 is 1.66 bits per heavy atom. The van der Waals surface area contributed by atoms with Crippen molar-refractivity contribution in [2.75, 3.05) is 25.0 Å². The van der Waals surface area contributed by atoms with Gasteiger partial charge in [0, 0.05) is 23.6 Å². The molecule has 1 atom stereocenters. The number of sulfonamides is 1. The van der Waals surface area contributed by atoms with E-state index in [4.69, 9.17) is 27.9 Å². The number of nitrogens with one attached hydrogen (secondary N) is 1. The minimum atomic E-state index is -4.20. The zero-order chi connectivity index (χ0) is 27.9. The third-order valence-electron chi connectivity index (χ3n) is 5.95. The zero-order valence-corrected chi connectivity index (χ0v) is 23.6. The quantitative estimate of drug-likeness (QED) is 0.354. The van der Waals surface area contributed by atoms with Crippen molar-refractivity contribution < 1.29 is 22.7 Å². The fourth-order valence-corrected chi connectivity index (χ4v) is 5.90. The van der Waals surface area contributed by atoms with Crippen LogP contribution in [0.2, 0.25) is 10.0 Å². The standard InChI is InChI=1S/C27H29Cl2N3O5S/c1-4-23(27(34)30-2)31(17-19-14-15-20(28)16-22(19)29)26(33)18-32(24-12-8-9-13-25(24)37-3)38(35,36)21-10-6-5-7-11-21/h5-16,23H,4,17-18H2,1-3H3,(H,30,34)/t23-/m0/s1. The Hall–Kier alpha value is -3.27. The topological polar surface area (TPSA) is 96.0 Å². The van der Waals surface area contributed by atoms with Crippen molar-refractivity contribution >= 4 is 50.7 Å². The predicted molar refractivity (Wildman–Crippen MR) is 149 cm³/mol. The van der Waals surface area contributed by atoms with Crippen molar-refractivity contribution in [1.82, 2.24) is 10.2 Å². The lowest BCUT2D eigenvalue weighted by molar-refractivity contribution is -0.140. The minimum Gasteiger partial charge on any atom is -0.495 e. The number of rotatable bonds is 11. The lowest BCUT2D eigenvalue weighted by atomic mass is 10.1. The lowest BCUT2D eigenvalue weighted by Crippen LogP contribution is -2.51. The van der Waals surface area contributed by atoms with Crippen LogP contribution >= 0.6 is 23.2 Å². The summed E-state index contributed by atoms with van der Waals surface area (Å²) in [7, 11) is -1.30. The van der Waals surface area contributed by atoms with Gasteiger partial charge in [-0.15, -0.1) is 0 Å². The number of likely N-dealkylation sites (N-methyl/N-ethyl adjacent to an activating group) is 1. The molecule has 1 N–H and O–H groups in total. The Labute approximate surface area is 233 Å². The molecule has 0 aliphatic carbocycles. The van der Waals surface area contributed by atoms with Gasteiger partial charge in [0.2, 0.25) is 11.8 Å². The van der Waals surface area contributed by atoms with Crippen LogP contribution in [0.25, 0.3) is 0 Å². The van der Waals surface area contributed by atoms with Crippen molar-refractivity contribution in [1.29, 1.82) is 0 Å². The summed E-state index contributed by atoms with van der Waals surface area (Å²) in [6, 6.07) is 18.3. The molecule has 0 spiro atoms. The summed E-state index contributed by atoms with van der Waals surface area (Å²) < 4.78 is 34.1. The van der Waals surface area contributed by atoms with Gasteiger partial charge in [0.15, 0.2) is 0 Å². The molecule has 0 radical (unpaired) electrons. The number of hydrogen-bond donors (Lipinski definition) is 1. The second kappa shape index (κ2) is 13.0. The lowest BCUT2D eigenvalue weighted by Gasteiger charge is -2.33. The molecule has 0 bridgehead atoms. The van der Waals surface area contributed by atoms with Gasteiger partial charge in [-0.2, -0.15) is 0 Å². The molecule has 0 fully saturated rings. The van der Waals surface area contributed by atoms with Crippen LogP contribution in [-0.4, -0.2) is 51.9 Å². The van der Waals surface area contributed by atoms with E-state index in [2.05, 4.69) is 5.32 Å². The first-order valence-electron chi connectivity index (χ1n) is 11.8. The number of para-hydroxylation sites is 2. The van der Waals surface area contributed by atoms with Crippen LogP contribution in [0.3, 0.4) is 0 Å². The molecule has 11 heteroatoms. The van der Waals surface area contributed by atoms with Crippen molar-refractivity contribution in [2.24, 2.45) is 0 Å². The van der Waals surface area contributed by atoms with Crippen molar-refractivity contribution in [3.05, 3.63) is 88.4 Å². The second-order valence-corrected chi connectivity index (χ2v) is 11.0. The Kier molecular flexibility index (Phi) is 10.0. The van der Waals surface area contributed by atoms with Crippen molar-refractivity contribution in [3.63, 3.8) is 0 Å². The predicted octanol–water partition coefficient (Wildman–Crippen LogP) is 4.75. The second-order valence-electron chi connectivity index (χ2n) is 8.29. The molecule has 3 aromatic rings. The molecular formula is C27H29Cl2N3O5S. The Morgan fingerprint density at radius 3 is 2.26 bits per heavy atom. The summed E-state index contributed by atoms with van der Waals surface area (Å²) in [5.74, 6) is -0.719. The molecular weight excluding hydrogens is 549 g/mol. The first-order valence-corrected chi connectivity index (χ1v) is 14.0. The molecule has 38 heavy (non-hydrogen) atoms. The van der Waals surface area contributed by atoms with Gasteiger partial charge in [0.25, 0.3) is 10.0 Å². The van der Waals surface area contributed by atoms with E-state index >= 15 is 0 Å². The first kappa shape index (κ1) is 29.3. The van der Waals surface area contributed by atoms with Gasteiger partial charge in [-0.25, -0.2) is 8.42 Å². The van der Waals surface area contributed by atoms with Gasteiger partial charge in [0.05, 0.1) is 17.7 Å². The monoisotopic (exact) mass is 577 g/mol. The number of nitrogens with zero attached hydrogens (tertiary/aromatic N) is 2. The summed E-state index contributed by atoms with van der Waals surface area (Å²) in [5.41, 5.74) is 0.742. The molecule has 3 aromatic carbocycles. The van der Waals surface area contributed by atoms with Crippen LogP contribution in [0.1, 0.15) is 18.9 Å². The van der Waals surface area contributed by atoms with Crippen LogP contribution in [0.4, 0.5) is 5.69 Å². The highest BCUT2D eigenvalue weighted by Crippen LogP contribution is 2.33. The number of carbonyl (C=O) groups is 2. The van der Waals surface area contributed by atoms with Crippen LogP contribution < -0.4 is 14.4 Å². The highest BCUT2D eigenvalue weighted by molar-refractivity contribution is 7.92. The molecule has 0 aromatic heterocycles. The van der Waals surface area contributed by atoms with Crippen LogP contribution in [0.15, 0.2) is 77.7 Å². The molecule has 202 valence electrons. The van der Waals surface area contributed by atoms with E-state index in [9.17, 15) is 18.0 Å². The number of amides is 2. The third kappa shape index (κ3) is 6.59. The molecule has 0 saturated carbocycles. The Morgan fingerprint density at radius 1 is 1.00 bits per heavy atom. The zero-order valence-electron chi connectivity index (χ0n) is 21.2. The van der Waals surface area contributed by atoms with Gasteiger partial charge < -0.3 is 15.0 Å². The van der Waals surface area contributed by atoms with Gasteiger partial charge in [-0.1, -0.05) is 66.5 Å². The Bertz CT molecular complexity index is 1390. The summed E-state index contributed by atoms with van der Waals surface area (Å²) in [6.07, 6.45) is 0.288. The highest BCUT2D eigenvalue weighted by atomic mass is 35.5. The number of ether oxygens (including phenoxy) is 1. The van der Waals surface area contributed by atoms with Gasteiger partial charge in [0.1, 0.15) is 18.3 Å². The third-order valence-corrected chi connectivity index (χ3v) is 8.31. The summed E-state index contributed by atoms with van der Waals surface area (Å²) in [4.78, 5) is 28.1. The van der Waals surface area contributed by atoms with Gasteiger partial charge in [-0.3, -0.25) is 13.9 Å². The molecule has 0 unspecified atom stereocenters. The average molecular weight is 579 g/mol. The van der Waals surface area contributed by atoms with Crippen LogP contribution in [0.5, 0.6) is 5.75 Å². The number of benzene rings is 3. The average Bonchev–Trinajstić information content (AvgIpc) is 2.92. The number of methoxy groups -OCH3 is 1. The van der Waals surface area contributed by atoms with E-state index in [1.807, 2.05) is 0 Å². The van der Waals surface area contributed by atoms with E-state index in [1.54, 1.807) is 67.6 Å². The number of carbonyl (C=O) groups excluding carboxylic acids is 2. The number of hydrogen-bond acceptors (Lipinski definition) is 5. The Balaban J connectivity index is 2.10. The van der Waals surface area contributed by atoms with Crippen molar-refractivity contribution in [3.8, 4) is 5.75 Å². The van der Waals surface area contributed by atoms with Crippen LogP contribution in [-0.2, 0) is 26.2 Å². The molecule has 0 saturated heterocycles. The fraction of sp³-hybridized carbons (Fsp3) is 0.259. The normalized spacial score (nSPS) is 11.9. The summed E-state index contributed by atoms with van der Waals surface area (Å²) in [5, 5.41) is 3.32. The SMILES string of the molecule is CC[C@@H](C(=O)NC)N(Cc1ccc(Cl)cc1Cl)C(=O)CN(c1ccccc1OC)S(=O)(=O)c1ccccc1. The van der Waals surface area contributed by atoms with Gasteiger partial charge in [-0.05, 0) is 48.4 Å². The van der Waals surface area contributed by atoms with E-state index in [0.29, 0.717) is 15.6 Å². The van der Waals surface area contributed by atoms with E-state index in [-0.39, 0.29) is 35.2 Å². The molecule has 3 rings (SSSR count).